The molecule has 0 radical (unpaired) electrons. The lowest BCUT2D eigenvalue weighted by molar-refractivity contribution is 0.0881. The van der Waals surface area contributed by atoms with E-state index in [4.69, 9.17) is 11.6 Å². The van der Waals surface area contributed by atoms with Crippen molar-refractivity contribution in [2.45, 2.75) is 6.54 Å². The largest absolute Gasteiger partial charge is 0.322 e. The summed E-state index contributed by atoms with van der Waals surface area (Å²) in [5.41, 5.74) is 3.76. The molecule has 0 fully saturated rings. The maximum absolute atomic E-state index is 12.7. The highest BCUT2D eigenvalue weighted by Crippen LogP contribution is 2.29. The standard InChI is InChI=1S/C25H18ClIN4O2/c26-22-12-11-19(15-21(22)23-6-2-4-14-29-23)30-24(32)17-7-9-18(10-8-17)25(33)31(27)16-20-5-1-3-13-28-20/h1-15H,16H2,(H,30,32). The first-order chi connectivity index (χ1) is 16.0. The summed E-state index contributed by atoms with van der Waals surface area (Å²) in [6.45, 7) is 0.387. The number of aromatic nitrogens is 2. The number of benzene rings is 2. The number of nitrogens with zero attached hydrogens (tertiary/aromatic N) is 3. The van der Waals surface area contributed by atoms with Gasteiger partial charge < -0.3 is 5.32 Å². The lowest BCUT2D eigenvalue weighted by Crippen LogP contribution is -2.21. The summed E-state index contributed by atoms with van der Waals surface area (Å²) in [6.07, 6.45) is 3.38. The molecule has 0 bridgehead atoms. The molecule has 2 aromatic carbocycles. The Balaban J connectivity index is 1.44. The van der Waals surface area contributed by atoms with Gasteiger partial charge in [0, 0.05) is 34.8 Å². The normalized spacial score (nSPS) is 10.5. The molecule has 4 aromatic rings. The average molecular weight is 569 g/mol. The van der Waals surface area contributed by atoms with Crippen LogP contribution < -0.4 is 5.32 Å². The van der Waals surface area contributed by atoms with Crippen molar-refractivity contribution in [3.8, 4) is 11.3 Å². The molecule has 33 heavy (non-hydrogen) atoms. The van der Waals surface area contributed by atoms with Crippen molar-refractivity contribution in [3.05, 3.63) is 113 Å². The molecule has 0 saturated carbocycles. The van der Waals surface area contributed by atoms with Gasteiger partial charge in [-0.2, -0.15) is 0 Å². The third-order valence-electron chi connectivity index (χ3n) is 4.81. The summed E-state index contributed by atoms with van der Waals surface area (Å²) in [6, 6.07) is 22.9. The molecule has 1 N–H and O–H groups in total. The third-order valence-corrected chi connectivity index (χ3v) is 5.92. The number of amides is 2. The Morgan fingerprint density at radius 2 is 1.58 bits per heavy atom. The number of anilines is 1. The predicted octanol–water partition coefficient (Wildman–Crippen LogP) is 6.04. The second-order valence-electron chi connectivity index (χ2n) is 7.09. The number of hydrogen-bond donors (Lipinski definition) is 1. The monoisotopic (exact) mass is 568 g/mol. The van der Waals surface area contributed by atoms with E-state index < -0.39 is 0 Å². The second kappa shape index (κ2) is 10.5. The SMILES string of the molecule is O=C(Nc1ccc(Cl)c(-c2ccccn2)c1)c1ccc(C(=O)N(I)Cc2ccccn2)cc1. The van der Waals surface area contributed by atoms with Crippen molar-refractivity contribution in [1.82, 2.24) is 13.1 Å². The zero-order valence-corrected chi connectivity index (χ0v) is 20.2. The van der Waals surface area contributed by atoms with Gasteiger partial charge in [-0.25, -0.2) is 0 Å². The van der Waals surface area contributed by atoms with E-state index in [0.717, 1.165) is 17.0 Å². The molecule has 0 aliphatic rings. The van der Waals surface area contributed by atoms with Crippen LogP contribution in [0.4, 0.5) is 5.69 Å². The molecule has 8 heteroatoms. The summed E-state index contributed by atoms with van der Waals surface area (Å²) >= 11 is 8.29. The Morgan fingerprint density at radius 3 is 2.24 bits per heavy atom. The van der Waals surface area contributed by atoms with Gasteiger partial charge in [0.05, 0.1) is 45.8 Å². The van der Waals surface area contributed by atoms with Crippen molar-refractivity contribution in [2.75, 3.05) is 5.32 Å². The van der Waals surface area contributed by atoms with Gasteiger partial charge in [-0.15, -0.1) is 0 Å². The summed E-state index contributed by atoms with van der Waals surface area (Å²) in [4.78, 5) is 34.0. The Kier molecular flexibility index (Phi) is 7.31. The first kappa shape index (κ1) is 22.9. The van der Waals surface area contributed by atoms with Crippen LogP contribution in [0.5, 0.6) is 0 Å². The fourth-order valence-corrected chi connectivity index (χ4v) is 3.98. The molecule has 0 aliphatic carbocycles. The summed E-state index contributed by atoms with van der Waals surface area (Å²) in [5, 5.41) is 3.41. The van der Waals surface area contributed by atoms with Crippen LogP contribution in [0.15, 0.2) is 91.3 Å². The van der Waals surface area contributed by atoms with Crippen LogP contribution in [0.3, 0.4) is 0 Å². The maximum Gasteiger partial charge on any atom is 0.262 e. The van der Waals surface area contributed by atoms with Crippen LogP contribution >= 0.6 is 34.5 Å². The molecule has 0 aliphatic heterocycles. The molecular formula is C25H18ClIN4O2. The molecule has 2 aromatic heterocycles. The summed E-state index contributed by atoms with van der Waals surface area (Å²) in [5.74, 6) is -0.450. The minimum atomic E-state index is -0.289. The first-order valence-electron chi connectivity index (χ1n) is 10.0. The predicted molar refractivity (Wildman–Crippen MR) is 137 cm³/mol. The van der Waals surface area contributed by atoms with Crippen molar-refractivity contribution < 1.29 is 9.59 Å². The first-order valence-corrected chi connectivity index (χ1v) is 11.4. The summed E-state index contributed by atoms with van der Waals surface area (Å²) in [7, 11) is 0. The highest BCUT2D eigenvalue weighted by molar-refractivity contribution is 14.1. The molecular weight excluding hydrogens is 551 g/mol. The molecule has 2 heterocycles. The van der Waals surface area contributed by atoms with Gasteiger partial charge in [0.25, 0.3) is 11.8 Å². The van der Waals surface area contributed by atoms with Crippen LogP contribution in [0.2, 0.25) is 5.02 Å². The van der Waals surface area contributed by atoms with Gasteiger partial charge >= 0.3 is 0 Å². The van der Waals surface area contributed by atoms with E-state index in [9.17, 15) is 9.59 Å². The van der Waals surface area contributed by atoms with Crippen molar-refractivity contribution >= 4 is 52.0 Å². The molecule has 2 amide bonds. The Hall–Kier alpha value is -3.30. The van der Waals surface area contributed by atoms with Gasteiger partial charge in [0.2, 0.25) is 0 Å². The van der Waals surface area contributed by atoms with Crippen LogP contribution in [0, 0.1) is 0 Å². The van der Waals surface area contributed by atoms with Crippen molar-refractivity contribution in [3.63, 3.8) is 0 Å². The fourth-order valence-electron chi connectivity index (χ4n) is 3.13. The van der Waals surface area contributed by atoms with Crippen molar-refractivity contribution in [1.29, 1.82) is 0 Å². The Bertz CT molecular complexity index is 1270. The average Bonchev–Trinajstić information content (AvgIpc) is 2.86. The zero-order chi connectivity index (χ0) is 23.2. The quantitative estimate of drug-likeness (QED) is 0.227. The minimum Gasteiger partial charge on any atom is -0.322 e. The molecule has 6 nitrogen and oxygen atoms in total. The lowest BCUT2D eigenvalue weighted by atomic mass is 10.1. The van der Waals surface area contributed by atoms with Crippen LogP contribution in [0.1, 0.15) is 26.4 Å². The lowest BCUT2D eigenvalue weighted by Gasteiger charge is -2.14. The van der Waals surface area contributed by atoms with Crippen LogP contribution in [-0.4, -0.2) is 24.9 Å². The highest BCUT2D eigenvalue weighted by Gasteiger charge is 2.15. The zero-order valence-electron chi connectivity index (χ0n) is 17.3. The van der Waals surface area contributed by atoms with Crippen LogP contribution in [-0.2, 0) is 6.54 Å². The van der Waals surface area contributed by atoms with Gasteiger partial charge in [0.1, 0.15) is 0 Å². The number of carbonyl (C=O) groups excluding carboxylic acids is 2. The summed E-state index contributed by atoms with van der Waals surface area (Å²) < 4.78 is 1.56. The molecule has 0 atom stereocenters. The molecule has 0 unspecified atom stereocenters. The van der Waals surface area contributed by atoms with Crippen molar-refractivity contribution in [2.24, 2.45) is 0 Å². The Labute approximate surface area is 210 Å². The topological polar surface area (TPSA) is 75.2 Å². The number of pyridine rings is 2. The van der Waals surface area contributed by atoms with Gasteiger partial charge in [-0.05, 0) is 66.7 Å². The fraction of sp³-hybridized carbons (Fsp3) is 0.0400. The van der Waals surface area contributed by atoms with Crippen LogP contribution in [0.25, 0.3) is 11.3 Å². The minimum absolute atomic E-state index is 0.161. The van der Waals surface area contributed by atoms with E-state index in [1.54, 1.807) is 58.0 Å². The van der Waals surface area contributed by atoms with E-state index in [-0.39, 0.29) is 11.8 Å². The smallest absolute Gasteiger partial charge is 0.262 e. The van der Waals surface area contributed by atoms with Gasteiger partial charge in [0.15, 0.2) is 0 Å². The van der Waals surface area contributed by atoms with E-state index in [1.165, 1.54) is 0 Å². The van der Waals surface area contributed by atoms with Gasteiger partial charge in [-0.1, -0.05) is 23.7 Å². The second-order valence-corrected chi connectivity index (χ2v) is 8.66. The number of carbonyl (C=O) groups is 2. The number of rotatable bonds is 6. The Morgan fingerprint density at radius 1 is 0.879 bits per heavy atom. The third kappa shape index (κ3) is 5.74. The van der Waals surface area contributed by atoms with Gasteiger partial charge in [-0.3, -0.25) is 22.7 Å². The molecule has 0 saturated heterocycles. The van der Waals surface area contributed by atoms with E-state index >= 15 is 0 Å². The van der Waals surface area contributed by atoms with E-state index in [2.05, 4.69) is 15.3 Å². The van der Waals surface area contributed by atoms with E-state index in [0.29, 0.717) is 28.4 Å². The molecule has 4 rings (SSSR count). The highest BCUT2D eigenvalue weighted by atomic mass is 127. The number of halogens is 2. The molecule has 164 valence electrons. The van der Waals surface area contributed by atoms with E-state index in [1.807, 2.05) is 59.3 Å². The molecule has 0 spiro atoms. The number of hydrogen-bond acceptors (Lipinski definition) is 4. The maximum atomic E-state index is 12.7. The number of nitrogens with one attached hydrogen (secondary N) is 1.